The fraction of sp³-hybridized carbons (Fsp3) is 0.278. The molecular formula is C18H20N8O3S. The molecule has 0 unspecified atom stereocenters. The van der Waals surface area contributed by atoms with Crippen LogP contribution in [0.15, 0.2) is 41.9 Å². The van der Waals surface area contributed by atoms with Crippen molar-refractivity contribution in [2.24, 2.45) is 11.1 Å². The van der Waals surface area contributed by atoms with Gasteiger partial charge in [-0.1, -0.05) is 6.07 Å². The standard InChI is InChI=1S/C18H20N8O3S/c1-11-2-3-12(30(28,29)24-8-18(4-5-18)17(20)27)6-13(11)14-7-22-15(19)16(25-14)26-10-21-9-23-26/h2-3,6-7,9-10,24H,4-5,8H2,1H3,(H2,19,22)(H2,20,27). The molecule has 2 aromatic heterocycles. The van der Waals surface area contributed by atoms with Crippen LogP contribution in [0.3, 0.4) is 0 Å². The van der Waals surface area contributed by atoms with E-state index in [1.165, 1.54) is 35.7 Å². The Morgan fingerprint density at radius 3 is 2.73 bits per heavy atom. The van der Waals surface area contributed by atoms with Gasteiger partial charge in [-0.05, 0) is 37.5 Å². The first-order valence-electron chi connectivity index (χ1n) is 9.10. The Balaban J connectivity index is 1.67. The van der Waals surface area contributed by atoms with Crippen molar-refractivity contribution in [2.45, 2.75) is 24.7 Å². The molecule has 0 spiro atoms. The lowest BCUT2D eigenvalue weighted by Gasteiger charge is -2.14. The molecule has 0 saturated heterocycles. The molecule has 0 atom stereocenters. The predicted octanol–water partition coefficient (Wildman–Crippen LogP) is 0.159. The topological polar surface area (TPSA) is 172 Å². The van der Waals surface area contributed by atoms with E-state index in [0.717, 1.165) is 5.56 Å². The molecule has 1 aromatic carbocycles. The highest BCUT2D eigenvalue weighted by Gasteiger charge is 2.48. The normalized spacial score (nSPS) is 15.1. The second-order valence-electron chi connectivity index (χ2n) is 7.25. The fourth-order valence-corrected chi connectivity index (χ4v) is 4.18. The number of aromatic nitrogens is 5. The third-order valence-corrected chi connectivity index (χ3v) is 6.59. The molecule has 1 aliphatic carbocycles. The summed E-state index contributed by atoms with van der Waals surface area (Å²) < 4.78 is 29.5. The van der Waals surface area contributed by atoms with E-state index in [0.29, 0.717) is 24.1 Å². The first-order chi connectivity index (χ1) is 14.2. The molecule has 0 bridgehead atoms. The number of anilines is 1. The van der Waals surface area contributed by atoms with Crippen LogP contribution in [0.25, 0.3) is 17.1 Å². The van der Waals surface area contributed by atoms with Crippen LogP contribution in [0.5, 0.6) is 0 Å². The zero-order valence-corrected chi connectivity index (χ0v) is 16.9. The molecule has 4 rings (SSSR count). The molecule has 1 saturated carbocycles. The van der Waals surface area contributed by atoms with Crippen molar-refractivity contribution in [1.29, 1.82) is 0 Å². The Morgan fingerprint density at radius 1 is 1.33 bits per heavy atom. The van der Waals surface area contributed by atoms with Crippen molar-refractivity contribution >= 4 is 21.7 Å². The maximum absolute atomic E-state index is 12.8. The summed E-state index contributed by atoms with van der Waals surface area (Å²) in [6.45, 7) is 1.81. The van der Waals surface area contributed by atoms with Gasteiger partial charge in [0.25, 0.3) is 0 Å². The number of benzene rings is 1. The third kappa shape index (κ3) is 3.62. The molecule has 1 aliphatic rings. The van der Waals surface area contributed by atoms with Gasteiger partial charge in [0.05, 0.1) is 22.2 Å². The Kier molecular flexibility index (Phi) is 4.74. The minimum absolute atomic E-state index is 0.0218. The molecular weight excluding hydrogens is 408 g/mol. The third-order valence-electron chi connectivity index (χ3n) is 5.19. The second-order valence-corrected chi connectivity index (χ2v) is 9.02. The Bertz CT molecular complexity index is 1220. The molecule has 3 aromatic rings. The lowest BCUT2D eigenvalue weighted by atomic mass is 10.1. The second kappa shape index (κ2) is 7.15. The smallest absolute Gasteiger partial charge is 0.240 e. The van der Waals surface area contributed by atoms with Gasteiger partial charge in [-0.3, -0.25) is 4.79 Å². The van der Waals surface area contributed by atoms with Crippen LogP contribution >= 0.6 is 0 Å². The van der Waals surface area contributed by atoms with Gasteiger partial charge in [-0.25, -0.2) is 28.1 Å². The molecule has 2 heterocycles. The maximum atomic E-state index is 12.8. The van der Waals surface area contributed by atoms with Crippen molar-refractivity contribution in [3.05, 3.63) is 42.6 Å². The van der Waals surface area contributed by atoms with E-state index in [-0.39, 0.29) is 23.1 Å². The minimum atomic E-state index is -3.85. The summed E-state index contributed by atoms with van der Waals surface area (Å²) in [5.74, 6) is -0.0472. The maximum Gasteiger partial charge on any atom is 0.240 e. The highest BCUT2D eigenvalue weighted by atomic mass is 32.2. The number of carbonyl (C=O) groups excluding carboxylic acids is 1. The van der Waals surface area contributed by atoms with Crippen molar-refractivity contribution < 1.29 is 13.2 Å². The van der Waals surface area contributed by atoms with Gasteiger partial charge in [0.2, 0.25) is 15.9 Å². The number of hydrogen-bond acceptors (Lipinski definition) is 8. The van der Waals surface area contributed by atoms with Crippen LogP contribution in [0.1, 0.15) is 18.4 Å². The molecule has 5 N–H and O–H groups in total. The Hall–Kier alpha value is -3.38. The van der Waals surface area contributed by atoms with Crippen LogP contribution in [0.2, 0.25) is 0 Å². The zero-order chi connectivity index (χ0) is 21.5. The molecule has 1 amide bonds. The summed E-state index contributed by atoms with van der Waals surface area (Å²) in [5.41, 5.74) is 12.3. The van der Waals surface area contributed by atoms with Gasteiger partial charge in [-0.15, -0.1) is 0 Å². The summed E-state index contributed by atoms with van der Waals surface area (Å²) in [7, 11) is -3.85. The number of hydrogen-bond donors (Lipinski definition) is 3. The van der Waals surface area contributed by atoms with Crippen molar-refractivity contribution in [3.8, 4) is 17.1 Å². The Morgan fingerprint density at radius 2 is 2.10 bits per heavy atom. The van der Waals surface area contributed by atoms with Crippen LogP contribution in [0, 0.1) is 12.3 Å². The van der Waals surface area contributed by atoms with Gasteiger partial charge in [0.15, 0.2) is 11.6 Å². The van der Waals surface area contributed by atoms with E-state index in [4.69, 9.17) is 11.5 Å². The van der Waals surface area contributed by atoms with E-state index < -0.39 is 21.3 Å². The van der Waals surface area contributed by atoms with Crippen LogP contribution < -0.4 is 16.2 Å². The number of rotatable bonds is 7. The number of aryl methyl sites for hydroxylation is 1. The van der Waals surface area contributed by atoms with Crippen molar-refractivity contribution in [1.82, 2.24) is 29.5 Å². The summed E-state index contributed by atoms with van der Waals surface area (Å²) in [6, 6.07) is 4.68. The lowest BCUT2D eigenvalue weighted by molar-refractivity contribution is -0.122. The predicted molar refractivity (Wildman–Crippen MR) is 108 cm³/mol. The van der Waals surface area contributed by atoms with Gasteiger partial charge in [-0.2, -0.15) is 9.78 Å². The zero-order valence-electron chi connectivity index (χ0n) is 16.1. The molecule has 156 valence electrons. The fourth-order valence-electron chi connectivity index (χ4n) is 3.03. The first-order valence-corrected chi connectivity index (χ1v) is 10.6. The van der Waals surface area contributed by atoms with E-state index in [1.54, 1.807) is 6.07 Å². The highest BCUT2D eigenvalue weighted by Crippen LogP contribution is 2.44. The molecule has 12 heteroatoms. The van der Waals surface area contributed by atoms with Gasteiger partial charge >= 0.3 is 0 Å². The molecule has 0 aliphatic heterocycles. The molecule has 11 nitrogen and oxygen atoms in total. The average molecular weight is 428 g/mol. The summed E-state index contributed by atoms with van der Waals surface area (Å²) in [6.07, 6.45) is 5.41. The van der Waals surface area contributed by atoms with Gasteiger partial charge in [0, 0.05) is 12.1 Å². The SMILES string of the molecule is Cc1ccc(S(=O)(=O)NCC2(C(N)=O)CC2)cc1-c1cnc(N)c(-n2cncn2)n1. The summed E-state index contributed by atoms with van der Waals surface area (Å²) in [5, 5.41) is 4.01. The average Bonchev–Trinajstić information content (AvgIpc) is 3.33. The number of sulfonamides is 1. The lowest BCUT2D eigenvalue weighted by Crippen LogP contribution is -2.37. The number of nitrogens with one attached hydrogen (secondary N) is 1. The summed E-state index contributed by atoms with van der Waals surface area (Å²) >= 11 is 0. The van der Waals surface area contributed by atoms with Crippen LogP contribution in [-0.4, -0.2) is 45.6 Å². The highest BCUT2D eigenvalue weighted by molar-refractivity contribution is 7.89. The number of primary amides is 1. The number of nitrogens with zero attached hydrogens (tertiary/aromatic N) is 5. The van der Waals surface area contributed by atoms with Crippen LogP contribution in [-0.2, 0) is 14.8 Å². The van der Waals surface area contributed by atoms with Crippen molar-refractivity contribution in [3.63, 3.8) is 0 Å². The molecule has 30 heavy (non-hydrogen) atoms. The van der Waals surface area contributed by atoms with Gasteiger partial charge in [0.1, 0.15) is 12.7 Å². The van der Waals surface area contributed by atoms with Gasteiger partial charge < -0.3 is 11.5 Å². The number of nitrogens with two attached hydrogens (primary N) is 2. The molecule has 1 fully saturated rings. The quantitative estimate of drug-likeness (QED) is 0.477. The van der Waals surface area contributed by atoms with Crippen molar-refractivity contribution in [2.75, 3.05) is 12.3 Å². The Labute approximate surface area is 172 Å². The van der Waals surface area contributed by atoms with Crippen LogP contribution in [0.4, 0.5) is 5.82 Å². The van der Waals surface area contributed by atoms with E-state index in [2.05, 4.69) is 24.8 Å². The first kappa shape index (κ1) is 19.9. The van der Waals surface area contributed by atoms with E-state index in [9.17, 15) is 13.2 Å². The largest absolute Gasteiger partial charge is 0.381 e. The number of nitrogen functional groups attached to an aromatic ring is 1. The number of carbonyl (C=O) groups is 1. The minimum Gasteiger partial charge on any atom is -0.381 e. The van der Waals surface area contributed by atoms with E-state index in [1.807, 2.05) is 6.92 Å². The monoisotopic (exact) mass is 428 g/mol. The molecule has 0 radical (unpaired) electrons. The van der Waals surface area contributed by atoms with E-state index >= 15 is 0 Å². The summed E-state index contributed by atoms with van der Waals surface area (Å²) in [4.78, 5) is 24.1. The number of amides is 1.